The SMILES string of the molecule is CN(CC(=O)OCC(=O)N1CC(=O)Nc2ccccc21)c1ncccn1. The van der Waals surface area contributed by atoms with Gasteiger partial charge in [0.05, 0.1) is 11.4 Å². The Bertz CT molecular complexity index is 827. The molecule has 0 bridgehead atoms. The first kappa shape index (κ1) is 17.3. The van der Waals surface area contributed by atoms with Crippen LogP contribution in [0.4, 0.5) is 17.3 Å². The van der Waals surface area contributed by atoms with E-state index in [9.17, 15) is 14.4 Å². The molecule has 2 heterocycles. The van der Waals surface area contributed by atoms with Crippen molar-refractivity contribution in [1.29, 1.82) is 0 Å². The van der Waals surface area contributed by atoms with Gasteiger partial charge in [0.1, 0.15) is 13.1 Å². The predicted molar refractivity (Wildman–Crippen MR) is 93.7 cm³/mol. The van der Waals surface area contributed by atoms with E-state index >= 15 is 0 Å². The summed E-state index contributed by atoms with van der Waals surface area (Å²) in [5, 5.41) is 2.69. The topological polar surface area (TPSA) is 105 Å². The van der Waals surface area contributed by atoms with E-state index in [1.54, 1.807) is 49.8 Å². The van der Waals surface area contributed by atoms with Crippen LogP contribution in [0.25, 0.3) is 0 Å². The molecule has 1 N–H and O–H groups in total. The molecule has 26 heavy (non-hydrogen) atoms. The summed E-state index contributed by atoms with van der Waals surface area (Å²) in [7, 11) is 1.64. The monoisotopic (exact) mass is 355 g/mol. The molecule has 0 aliphatic carbocycles. The van der Waals surface area contributed by atoms with Gasteiger partial charge in [-0.1, -0.05) is 12.1 Å². The summed E-state index contributed by atoms with van der Waals surface area (Å²) in [6.45, 7) is -0.677. The summed E-state index contributed by atoms with van der Waals surface area (Å²) >= 11 is 0. The number of amides is 2. The first-order valence-corrected chi connectivity index (χ1v) is 7.87. The summed E-state index contributed by atoms with van der Waals surface area (Å²) in [5.74, 6) is -0.996. The number of carbonyl (C=O) groups is 3. The van der Waals surface area contributed by atoms with Crippen LogP contribution in [0.3, 0.4) is 0 Å². The minimum Gasteiger partial charge on any atom is -0.454 e. The number of nitrogens with zero attached hydrogens (tertiary/aromatic N) is 4. The van der Waals surface area contributed by atoms with Crippen molar-refractivity contribution in [2.24, 2.45) is 0 Å². The summed E-state index contributed by atoms with van der Waals surface area (Å²) in [4.78, 5) is 46.9. The minimum absolute atomic E-state index is 0.103. The lowest BCUT2D eigenvalue weighted by Gasteiger charge is -2.29. The zero-order valence-corrected chi connectivity index (χ0v) is 14.1. The first-order valence-electron chi connectivity index (χ1n) is 7.87. The lowest BCUT2D eigenvalue weighted by molar-refractivity contribution is -0.146. The zero-order valence-electron chi connectivity index (χ0n) is 14.1. The molecule has 0 atom stereocenters. The maximum Gasteiger partial charge on any atom is 0.326 e. The van der Waals surface area contributed by atoms with Crippen molar-refractivity contribution < 1.29 is 19.1 Å². The van der Waals surface area contributed by atoms with Crippen LogP contribution in [0.15, 0.2) is 42.7 Å². The third-order valence-electron chi connectivity index (χ3n) is 3.69. The average molecular weight is 355 g/mol. The highest BCUT2D eigenvalue weighted by Crippen LogP contribution is 2.28. The zero-order chi connectivity index (χ0) is 18.5. The van der Waals surface area contributed by atoms with Gasteiger partial charge < -0.3 is 15.0 Å². The Kier molecular flexibility index (Phi) is 5.07. The van der Waals surface area contributed by atoms with E-state index in [0.29, 0.717) is 17.3 Å². The molecular weight excluding hydrogens is 338 g/mol. The molecule has 1 aromatic heterocycles. The maximum absolute atomic E-state index is 12.4. The molecule has 0 radical (unpaired) electrons. The highest BCUT2D eigenvalue weighted by molar-refractivity contribution is 6.10. The van der Waals surface area contributed by atoms with Crippen LogP contribution in [-0.2, 0) is 19.1 Å². The molecule has 0 unspecified atom stereocenters. The number of nitrogens with one attached hydrogen (secondary N) is 1. The van der Waals surface area contributed by atoms with E-state index in [1.807, 2.05) is 0 Å². The number of likely N-dealkylation sites (N-methyl/N-ethyl adjacent to an activating group) is 1. The van der Waals surface area contributed by atoms with Crippen molar-refractivity contribution in [2.75, 3.05) is 41.9 Å². The highest BCUT2D eigenvalue weighted by Gasteiger charge is 2.27. The molecule has 9 nitrogen and oxygen atoms in total. The Morgan fingerprint density at radius 2 is 1.96 bits per heavy atom. The molecule has 0 fully saturated rings. The van der Waals surface area contributed by atoms with Gasteiger partial charge in [-0.05, 0) is 18.2 Å². The van der Waals surface area contributed by atoms with E-state index < -0.39 is 18.5 Å². The van der Waals surface area contributed by atoms with Gasteiger partial charge in [0, 0.05) is 19.4 Å². The van der Waals surface area contributed by atoms with Gasteiger partial charge in [-0.25, -0.2) is 9.97 Å². The molecule has 3 rings (SSSR count). The standard InChI is InChI=1S/C17H17N5O4/c1-21(17-18-7-4-8-19-17)10-16(25)26-11-15(24)22-9-14(23)20-12-5-2-3-6-13(12)22/h2-8H,9-11H2,1H3,(H,20,23). The van der Waals surface area contributed by atoms with Gasteiger partial charge >= 0.3 is 5.97 Å². The van der Waals surface area contributed by atoms with E-state index in [4.69, 9.17) is 4.74 Å². The van der Waals surface area contributed by atoms with Crippen LogP contribution < -0.4 is 15.1 Å². The van der Waals surface area contributed by atoms with Gasteiger partial charge in [-0.3, -0.25) is 19.3 Å². The second kappa shape index (κ2) is 7.60. The molecule has 9 heteroatoms. The van der Waals surface area contributed by atoms with Gasteiger partial charge in [-0.2, -0.15) is 0 Å². The smallest absolute Gasteiger partial charge is 0.326 e. The average Bonchev–Trinajstić information content (AvgIpc) is 2.66. The molecule has 1 aromatic carbocycles. The normalized spacial score (nSPS) is 12.8. The van der Waals surface area contributed by atoms with Gasteiger partial charge in [0.2, 0.25) is 11.9 Å². The number of ether oxygens (including phenoxy) is 1. The summed E-state index contributed by atoms with van der Waals surface area (Å²) < 4.78 is 5.04. The van der Waals surface area contributed by atoms with E-state index in [2.05, 4.69) is 15.3 Å². The third-order valence-corrected chi connectivity index (χ3v) is 3.69. The number of benzene rings is 1. The van der Waals surface area contributed by atoms with Crippen molar-refractivity contribution in [3.05, 3.63) is 42.7 Å². The fraction of sp³-hybridized carbons (Fsp3) is 0.235. The number of para-hydroxylation sites is 2. The van der Waals surface area contributed by atoms with Crippen LogP contribution >= 0.6 is 0 Å². The second-order valence-electron chi connectivity index (χ2n) is 5.61. The van der Waals surface area contributed by atoms with E-state index in [1.165, 1.54) is 9.80 Å². The number of hydrogen-bond donors (Lipinski definition) is 1. The summed E-state index contributed by atoms with van der Waals surface area (Å²) in [5.41, 5.74) is 1.12. The summed E-state index contributed by atoms with van der Waals surface area (Å²) in [6, 6.07) is 8.61. The summed E-state index contributed by atoms with van der Waals surface area (Å²) in [6.07, 6.45) is 3.12. The molecule has 1 aliphatic heterocycles. The van der Waals surface area contributed by atoms with Gasteiger partial charge in [-0.15, -0.1) is 0 Å². The molecule has 0 saturated carbocycles. The molecule has 0 saturated heterocycles. The van der Waals surface area contributed by atoms with Gasteiger partial charge in [0.25, 0.3) is 5.91 Å². The predicted octanol–water partition coefficient (Wildman–Crippen LogP) is 0.441. The molecule has 2 aromatic rings. The van der Waals surface area contributed by atoms with Crippen molar-refractivity contribution in [2.45, 2.75) is 0 Å². The minimum atomic E-state index is -0.594. The van der Waals surface area contributed by atoms with Crippen molar-refractivity contribution >= 4 is 35.1 Å². The van der Waals surface area contributed by atoms with Crippen LogP contribution in [0, 0.1) is 0 Å². The Labute approximate surface area is 149 Å². The van der Waals surface area contributed by atoms with Gasteiger partial charge in [0.15, 0.2) is 6.61 Å². The molecule has 2 amide bonds. The largest absolute Gasteiger partial charge is 0.454 e. The molecule has 0 spiro atoms. The maximum atomic E-state index is 12.4. The Morgan fingerprint density at radius 1 is 1.23 bits per heavy atom. The number of fused-ring (bicyclic) bond motifs is 1. The number of hydrogen-bond acceptors (Lipinski definition) is 7. The lowest BCUT2D eigenvalue weighted by Crippen LogP contribution is -2.44. The first-order chi connectivity index (χ1) is 12.5. The second-order valence-corrected chi connectivity index (χ2v) is 5.61. The fourth-order valence-electron chi connectivity index (χ4n) is 2.47. The van der Waals surface area contributed by atoms with Crippen molar-refractivity contribution in [3.8, 4) is 0 Å². The molecule has 1 aliphatic rings. The number of anilines is 3. The Morgan fingerprint density at radius 3 is 2.73 bits per heavy atom. The van der Waals surface area contributed by atoms with E-state index in [0.717, 1.165) is 0 Å². The van der Waals surface area contributed by atoms with Crippen LogP contribution in [-0.4, -0.2) is 54.5 Å². The van der Waals surface area contributed by atoms with E-state index in [-0.39, 0.29) is 19.0 Å². The molecule has 134 valence electrons. The number of rotatable bonds is 5. The lowest BCUT2D eigenvalue weighted by atomic mass is 10.2. The van der Waals surface area contributed by atoms with Crippen molar-refractivity contribution in [3.63, 3.8) is 0 Å². The Hall–Kier alpha value is -3.49. The van der Waals surface area contributed by atoms with Crippen LogP contribution in [0.1, 0.15) is 0 Å². The third kappa shape index (κ3) is 3.94. The quantitative estimate of drug-likeness (QED) is 0.776. The van der Waals surface area contributed by atoms with Crippen LogP contribution in [0.2, 0.25) is 0 Å². The molecular formula is C17H17N5O4. The number of aromatic nitrogens is 2. The number of esters is 1. The fourth-order valence-corrected chi connectivity index (χ4v) is 2.47. The number of carbonyl (C=O) groups excluding carboxylic acids is 3. The van der Waals surface area contributed by atoms with Crippen molar-refractivity contribution in [1.82, 2.24) is 9.97 Å². The van der Waals surface area contributed by atoms with Crippen LogP contribution in [0.5, 0.6) is 0 Å². The Balaban J connectivity index is 1.57. The highest BCUT2D eigenvalue weighted by atomic mass is 16.5.